The van der Waals surface area contributed by atoms with Crippen LogP contribution in [0.25, 0.3) is 0 Å². The van der Waals surface area contributed by atoms with E-state index in [0.717, 1.165) is 31.5 Å². The van der Waals surface area contributed by atoms with Gasteiger partial charge in [0.15, 0.2) is 0 Å². The van der Waals surface area contributed by atoms with E-state index in [1.165, 1.54) is 0 Å². The van der Waals surface area contributed by atoms with Gasteiger partial charge in [0.2, 0.25) is 11.8 Å². The second-order valence-electron chi connectivity index (χ2n) is 5.62. The van der Waals surface area contributed by atoms with E-state index in [0.29, 0.717) is 24.2 Å². The van der Waals surface area contributed by atoms with Crippen LogP contribution in [-0.2, 0) is 9.59 Å². The second kappa shape index (κ2) is 8.18. The molecule has 0 spiro atoms. The number of piperidine rings is 1. The Balaban J connectivity index is 2.06. The molecule has 0 atom stereocenters. The maximum Gasteiger partial charge on any atom is 0.244 e. The van der Waals surface area contributed by atoms with Gasteiger partial charge >= 0.3 is 0 Å². The van der Waals surface area contributed by atoms with Gasteiger partial charge in [0.25, 0.3) is 0 Å². The van der Waals surface area contributed by atoms with E-state index < -0.39 is 0 Å². The molecule has 0 saturated carbocycles. The van der Waals surface area contributed by atoms with Crippen molar-refractivity contribution in [1.29, 1.82) is 5.26 Å². The van der Waals surface area contributed by atoms with Crippen molar-refractivity contribution in [3.63, 3.8) is 0 Å². The van der Waals surface area contributed by atoms with Gasteiger partial charge in [-0.15, -0.1) is 0 Å². The Hall–Kier alpha value is -2.55. The number of anilines is 2. The molecule has 6 nitrogen and oxygen atoms in total. The summed E-state index contributed by atoms with van der Waals surface area (Å²) in [5.74, 6) is -0.212. The number of carbonyl (C=O) groups excluding carboxylic acids is 2. The summed E-state index contributed by atoms with van der Waals surface area (Å²) in [4.78, 5) is 25.6. The fourth-order valence-electron chi connectivity index (χ4n) is 2.52. The summed E-state index contributed by atoms with van der Waals surface area (Å²) in [5, 5.41) is 15.1. The number of rotatable bonds is 6. The van der Waals surface area contributed by atoms with Crippen molar-refractivity contribution in [3.8, 4) is 6.07 Å². The van der Waals surface area contributed by atoms with Gasteiger partial charge in [0, 0.05) is 19.5 Å². The molecule has 1 saturated heterocycles. The Morgan fingerprint density at radius 1 is 1.35 bits per heavy atom. The van der Waals surface area contributed by atoms with E-state index in [4.69, 9.17) is 5.26 Å². The summed E-state index contributed by atoms with van der Waals surface area (Å²) < 4.78 is 0. The molecule has 2 amide bonds. The molecular weight excluding hydrogens is 292 g/mol. The number of amides is 2. The molecule has 23 heavy (non-hydrogen) atoms. The molecule has 0 unspecified atom stereocenters. The lowest BCUT2D eigenvalue weighted by molar-refractivity contribution is -0.136. The lowest BCUT2D eigenvalue weighted by Gasteiger charge is -2.26. The Morgan fingerprint density at radius 2 is 2.17 bits per heavy atom. The van der Waals surface area contributed by atoms with Gasteiger partial charge in [-0.05, 0) is 37.5 Å². The zero-order valence-electron chi connectivity index (χ0n) is 13.4. The number of hydrogen-bond acceptors (Lipinski definition) is 4. The van der Waals surface area contributed by atoms with Crippen molar-refractivity contribution in [2.24, 2.45) is 0 Å². The van der Waals surface area contributed by atoms with E-state index in [2.05, 4.69) is 23.6 Å². The van der Waals surface area contributed by atoms with E-state index >= 15 is 0 Å². The molecule has 1 aliphatic rings. The zero-order chi connectivity index (χ0) is 16.7. The molecular formula is C17H22N4O2. The van der Waals surface area contributed by atoms with Gasteiger partial charge in [-0.1, -0.05) is 6.92 Å². The van der Waals surface area contributed by atoms with Crippen LogP contribution in [-0.4, -0.2) is 36.3 Å². The van der Waals surface area contributed by atoms with E-state index in [9.17, 15) is 9.59 Å². The first kappa shape index (κ1) is 16.8. The topological polar surface area (TPSA) is 85.2 Å². The minimum atomic E-state index is -0.241. The molecule has 6 heteroatoms. The SMILES string of the molecule is CCCNc1ccc(C#N)cc1NC(=O)CN1CCCCC1=O. The fourth-order valence-corrected chi connectivity index (χ4v) is 2.52. The third kappa shape index (κ3) is 4.71. The van der Waals surface area contributed by atoms with Gasteiger partial charge in [0.05, 0.1) is 29.6 Å². The first-order valence-corrected chi connectivity index (χ1v) is 7.99. The zero-order valence-corrected chi connectivity index (χ0v) is 13.4. The first-order valence-electron chi connectivity index (χ1n) is 7.99. The number of hydrogen-bond donors (Lipinski definition) is 2. The van der Waals surface area contributed by atoms with Crippen molar-refractivity contribution < 1.29 is 9.59 Å². The Labute approximate surface area is 136 Å². The summed E-state index contributed by atoms with van der Waals surface area (Å²) in [6, 6.07) is 7.21. The normalized spacial score (nSPS) is 14.3. The lowest BCUT2D eigenvalue weighted by atomic mass is 10.1. The highest BCUT2D eigenvalue weighted by atomic mass is 16.2. The predicted octanol–water partition coefficient (Wildman–Crippen LogP) is 2.33. The number of carbonyl (C=O) groups is 2. The molecule has 1 aromatic carbocycles. The number of nitrogens with one attached hydrogen (secondary N) is 2. The van der Waals surface area contributed by atoms with Gasteiger partial charge in [-0.2, -0.15) is 5.26 Å². The summed E-state index contributed by atoms with van der Waals surface area (Å²) in [6.45, 7) is 3.52. The van der Waals surface area contributed by atoms with E-state index in [1.807, 2.05) is 0 Å². The van der Waals surface area contributed by atoms with Crippen LogP contribution in [0, 0.1) is 11.3 Å². The molecule has 2 rings (SSSR count). The Bertz CT molecular complexity index is 622. The molecule has 2 N–H and O–H groups in total. The lowest BCUT2D eigenvalue weighted by Crippen LogP contribution is -2.40. The van der Waals surface area contributed by atoms with Gasteiger partial charge in [0.1, 0.15) is 0 Å². The minimum Gasteiger partial charge on any atom is -0.383 e. The smallest absolute Gasteiger partial charge is 0.244 e. The summed E-state index contributed by atoms with van der Waals surface area (Å²) >= 11 is 0. The van der Waals surface area contributed by atoms with Gasteiger partial charge in [-0.25, -0.2) is 0 Å². The highest BCUT2D eigenvalue weighted by Gasteiger charge is 2.20. The number of nitrogens with zero attached hydrogens (tertiary/aromatic N) is 2. The molecule has 0 radical (unpaired) electrons. The van der Waals surface area contributed by atoms with Crippen LogP contribution >= 0.6 is 0 Å². The molecule has 122 valence electrons. The fraction of sp³-hybridized carbons (Fsp3) is 0.471. The third-order valence-electron chi connectivity index (χ3n) is 3.74. The largest absolute Gasteiger partial charge is 0.383 e. The Kier molecular flexibility index (Phi) is 5.98. The Morgan fingerprint density at radius 3 is 2.87 bits per heavy atom. The van der Waals surface area contributed by atoms with Gasteiger partial charge < -0.3 is 15.5 Å². The highest BCUT2D eigenvalue weighted by molar-refractivity contribution is 5.97. The number of nitriles is 1. The van der Waals surface area contributed by atoms with Crippen LogP contribution < -0.4 is 10.6 Å². The van der Waals surface area contributed by atoms with Crippen molar-refractivity contribution in [2.45, 2.75) is 32.6 Å². The van der Waals surface area contributed by atoms with Crippen molar-refractivity contribution in [2.75, 3.05) is 30.3 Å². The minimum absolute atomic E-state index is 0.0292. The summed E-state index contributed by atoms with van der Waals surface area (Å²) in [5.41, 5.74) is 1.84. The van der Waals surface area contributed by atoms with Crippen LogP contribution in [0.2, 0.25) is 0 Å². The highest BCUT2D eigenvalue weighted by Crippen LogP contribution is 2.23. The summed E-state index contributed by atoms with van der Waals surface area (Å²) in [7, 11) is 0. The average Bonchev–Trinajstić information content (AvgIpc) is 2.55. The average molecular weight is 314 g/mol. The summed E-state index contributed by atoms with van der Waals surface area (Å²) in [6.07, 6.45) is 3.30. The quantitative estimate of drug-likeness (QED) is 0.844. The standard InChI is InChI=1S/C17H22N4O2/c1-2-8-19-14-7-6-13(11-18)10-15(14)20-16(22)12-21-9-4-3-5-17(21)23/h6-7,10,19H,2-5,8-9,12H2,1H3,(H,20,22). The second-order valence-corrected chi connectivity index (χ2v) is 5.62. The van der Waals surface area contributed by atoms with E-state index in [-0.39, 0.29) is 18.4 Å². The predicted molar refractivity (Wildman–Crippen MR) is 89.0 cm³/mol. The van der Waals surface area contributed by atoms with Crippen molar-refractivity contribution in [3.05, 3.63) is 23.8 Å². The van der Waals surface area contributed by atoms with Gasteiger partial charge in [-0.3, -0.25) is 9.59 Å². The number of likely N-dealkylation sites (tertiary alicyclic amines) is 1. The molecule has 1 fully saturated rings. The van der Waals surface area contributed by atoms with Crippen LogP contribution in [0.4, 0.5) is 11.4 Å². The van der Waals surface area contributed by atoms with Crippen LogP contribution in [0.1, 0.15) is 38.2 Å². The molecule has 1 aliphatic heterocycles. The maximum atomic E-state index is 12.2. The van der Waals surface area contributed by atoms with E-state index in [1.54, 1.807) is 23.1 Å². The van der Waals surface area contributed by atoms with Crippen molar-refractivity contribution >= 4 is 23.2 Å². The number of benzene rings is 1. The molecule has 0 bridgehead atoms. The molecule has 1 aromatic rings. The molecule has 0 aliphatic carbocycles. The molecule has 0 aromatic heterocycles. The molecule has 1 heterocycles. The van der Waals surface area contributed by atoms with Crippen LogP contribution in [0.3, 0.4) is 0 Å². The van der Waals surface area contributed by atoms with Crippen molar-refractivity contribution in [1.82, 2.24) is 4.90 Å². The maximum absolute atomic E-state index is 12.2. The van der Waals surface area contributed by atoms with Crippen LogP contribution in [0.5, 0.6) is 0 Å². The first-order chi connectivity index (χ1) is 11.1. The monoisotopic (exact) mass is 314 g/mol. The van der Waals surface area contributed by atoms with Crippen LogP contribution in [0.15, 0.2) is 18.2 Å². The third-order valence-corrected chi connectivity index (χ3v) is 3.74.